The summed E-state index contributed by atoms with van der Waals surface area (Å²) in [6, 6.07) is 1.39. The number of carbonyl (C=O) groups excluding carboxylic acids is 1. The summed E-state index contributed by atoms with van der Waals surface area (Å²) in [4.78, 5) is 22.8. The molecule has 0 saturated carbocycles. The van der Waals surface area contributed by atoms with Crippen molar-refractivity contribution in [3.8, 4) is 0 Å². The average Bonchev–Trinajstić information content (AvgIpc) is 3.10. The highest BCUT2D eigenvalue weighted by Crippen LogP contribution is 2.13. The molecule has 1 N–H and O–H groups in total. The van der Waals surface area contributed by atoms with E-state index in [0.717, 1.165) is 13.1 Å². The van der Waals surface area contributed by atoms with E-state index in [9.17, 15) is 4.79 Å². The van der Waals surface area contributed by atoms with Crippen molar-refractivity contribution >= 4 is 17.5 Å². The molecule has 2 aromatic rings. The highest BCUT2D eigenvalue weighted by molar-refractivity contribution is 5.93. The Labute approximate surface area is 128 Å². The molecule has 8 heteroatoms. The number of nitrogens with one attached hydrogen (secondary N) is 1. The molecule has 0 bridgehead atoms. The number of rotatable bonds is 4. The van der Waals surface area contributed by atoms with Crippen LogP contribution in [-0.2, 0) is 9.53 Å². The normalized spacial score (nSPS) is 16.3. The van der Waals surface area contributed by atoms with Crippen LogP contribution in [0, 0.1) is 0 Å². The quantitative estimate of drug-likeness (QED) is 0.895. The lowest BCUT2D eigenvalue weighted by atomic mass is 10.3. The molecule has 22 heavy (non-hydrogen) atoms. The topological polar surface area (TPSA) is 85.2 Å². The van der Waals surface area contributed by atoms with Crippen molar-refractivity contribution < 1.29 is 9.53 Å². The second-order valence-corrected chi connectivity index (χ2v) is 5.02. The molecule has 8 nitrogen and oxygen atoms in total. The molecule has 1 unspecified atom stereocenters. The van der Waals surface area contributed by atoms with Gasteiger partial charge in [-0.15, -0.1) is 0 Å². The summed E-state index contributed by atoms with van der Waals surface area (Å²) >= 11 is 0. The minimum Gasteiger partial charge on any atom is -0.378 e. The SMILES string of the molecule is CC(C(=O)Nc1cnc(N2CCOCC2)nc1)n1cccn1. The summed E-state index contributed by atoms with van der Waals surface area (Å²) in [6.45, 7) is 4.71. The summed E-state index contributed by atoms with van der Waals surface area (Å²) in [5, 5.41) is 6.85. The highest BCUT2D eigenvalue weighted by atomic mass is 16.5. The van der Waals surface area contributed by atoms with Crippen molar-refractivity contribution in [3.05, 3.63) is 30.9 Å². The maximum absolute atomic E-state index is 12.1. The van der Waals surface area contributed by atoms with Crippen molar-refractivity contribution in [2.45, 2.75) is 13.0 Å². The van der Waals surface area contributed by atoms with E-state index >= 15 is 0 Å². The second kappa shape index (κ2) is 6.52. The predicted octanol–water partition coefficient (Wildman–Crippen LogP) is 0.709. The molecular weight excluding hydrogens is 284 g/mol. The van der Waals surface area contributed by atoms with E-state index in [2.05, 4.69) is 25.3 Å². The Balaban J connectivity index is 1.62. The van der Waals surface area contributed by atoms with Crippen LogP contribution in [0.25, 0.3) is 0 Å². The van der Waals surface area contributed by atoms with E-state index < -0.39 is 6.04 Å². The van der Waals surface area contributed by atoms with E-state index in [1.54, 1.807) is 42.5 Å². The van der Waals surface area contributed by atoms with E-state index in [0.29, 0.717) is 24.8 Å². The molecule has 1 saturated heterocycles. The largest absolute Gasteiger partial charge is 0.378 e. The summed E-state index contributed by atoms with van der Waals surface area (Å²) in [5.41, 5.74) is 0.570. The average molecular weight is 302 g/mol. The van der Waals surface area contributed by atoms with Crippen molar-refractivity contribution in [2.24, 2.45) is 0 Å². The smallest absolute Gasteiger partial charge is 0.249 e. The van der Waals surface area contributed by atoms with Gasteiger partial charge in [0.1, 0.15) is 6.04 Å². The Hall–Kier alpha value is -2.48. The summed E-state index contributed by atoms with van der Waals surface area (Å²) in [7, 11) is 0. The maximum atomic E-state index is 12.1. The Morgan fingerprint density at radius 3 is 2.68 bits per heavy atom. The lowest BCUT2D eigenvalue weighted by Gasteiger charge is -2.26. The summed E-state index contributed by atoms with van der Waals surface area (Å²) in [5.74, 6) is 0.493. The Morgan fingerprint density at radius 1 is 1.32 bits per heavy atom. The number of nitrogens with zero attached hydrogens (tertiary/aromatic N) is 5. The van der Waals surface area contributed by atoms with Crippen LogP contribution in [0.2, 0.25) is 0 Å². The molecule has 1 amide bonds. The Morgan fingerprint density at radius 2 is 2.05 bits per heavy atom. The van der Waals surface area contributed by atoms with Crippen molar-refractivity contribution in [1.29, 1.82) is 0 Å². The van der Waals surface area contributed by atoms with Gasteiger partial charge < -0.3 is 15.0 Å². The van der Waals surface area contributed by atoms with Gasteiger partial charge in [-0.25, -0.2) is 9.97 Å². The van der Waals surface area contributed by atoms with Crippen molar-refractivity contribution in [1.82, 2.24) is 19.7 Å². The van der Waals surface area contributed by atoms with Crippen LogP contribution in [0.1, 0.15) is 13.0 Å². The van der Waals surface area contributed by atoms with Gasteiger partial charge in [-0.2, -0.15) is 5.10 Å². The van der Waals surface area contributed by atoms with Crippen LogP contribution in [-0.4, -0.2) is 52.0 Å². The lowest BCUT2D eigenvalue weighted by Crippen LogP contribution is -2.37. The van der Waals surface area contributed by atoms with Crippen LogP contribution in [0.4, 0.5) is 11.6 Å². The zero-order valence-corrected chi connectivity index (χ0v) is 12.3. The van der Waals surface area contributed by atoms with Crippen LogP contribution in [0.3, 0.4) is 0 Å². The summed E-state index contributed by atoms with van der Waals surface area (Å²) in [6.07, 6.45) is 6.63. The lowest BCUT2D eigenvalue weighted by molar-refractivity contribution is -0.119. The molecule has 0 aromatic carbocycles. The van der Waals surface area contributed by atoms with Crippen molar-refractivity contribution in [2.75, 3.05) is 36.5 Å². The van der Waals surface area contributed by atoms with Crippen LogP contribution in [0.15, 0.2) is 30.9 Å². The third-order valence-corrected chi connectivity index (χ3v) is 3.50. The van der Waals surface area contributed by atoms with E-state index in [1.165, 1.54) is 0 Å². The molecule has 3 rings (SSSR count). The first-order chi connectivity index (χ1) is 10.7. The van der Waals surface area contributed by atoms with Gasteiger partial charge in [0, 0.05) is 25.5 Å². The number of hydrogen-bond donors (Lipinski definition) is 1. The first kappa shape index (κ1) is 14.5. The number of carbonyl (C=O) groups is 1. The molecule has 2 aromatic heterocycles. The number of hydrogen-bond acceptors (Lipinski definition) is 6. The standard InChI is InChI=1S/C14H18N6O2/c1-11(20-4-2-3-17-20)13(21)18-12-9-15-14(16-10-12)19-5-7-22-8-6-19/h2-4,9-11H,5-8H2,1H3,(H,18,21). The first-order valence-corrected chi connectivity index (χ1v) is 7.19. The molecule has 1 fully saturated rings. The van der Waals surface area contributed by atoms with Crippen molar-refractivity contribution in [3.63, 3.8) is 0 Å². The van der Waals surface area contributed by atoms with Gasteiger partial charge in [0.15, 0.2) is 0 Å². The number of amides is 1. The third kappa shape index (κ3) is 3.22. The Kier molecular flexibility index (Phi) is 4.29. The number of anilines is 2. The van der Waals surface area contributed by atoms with E-state index in [4.69, 9.17) is 4.74 Å². The van der Waals surface area contributed by atoms with Gasteiger partial charge in [-0.05, 0) is 13.0 Å². The van der Waals surface area contributed by atoms with Gasteiger partial charge >= 0.3 is 0 Å². The molecule has 1 atom stereocenters. The van der Waals surface area contributed by atoms with Gasteiger partial charge in [0.2, 0.25) is 11.9 Å². The minimum absolute atomic E-state index is 0.161. The molecule has 1 aliphatic heterocycles. The van der Waals surface area contributed by atoms with Crippen LogP contribution < -0.4 is 10.2 Å². The van der Waals surface area contributed by atoms with Crippen LogP contribution in [0.5, 0.6) is 0 Å². The minimum atomic E-state index is -0.395. The van der Waals surface area contributed by atoms with E-state index in [1.807, 2.05) is 0 Å². The predicted molar refractivity (Wildman–Crippen MR) is 80.6 cm³/mol. The zero-order valence-electron chi connectivity index (χ0n) is 12.3. The maximum Gasteiger partial charge on any atom is 0.249 e. The number of morpholine rings is 1. The fourth-order valence-electron chi connectivity index (χ4n) is 2.19. The fraction of sp³-hybridized carbons (Fsp3) is 0.429. The third-order valence-electron chi connectivity index (χ3n) is 3.50. The number of aromatic nitrogens is 4. The summed E-state index contributed by atoms with van der Waals surface area (Å²) < 4.78 is 6.89. The van der Waals surface area contributed by atoms with Gasteiger partial charge in [0.25, 0.3) is 0 Å². The second-order valence-electron chi connectivity index (χ2n) is 5.02. The molecule has 0 radical (unpaired) electrons. The molecule has 0 spiro atoms. The molecular formula is C14H18N6O2. The van der Waals surface area contributed by atoms with Gasteiger partial charge in [-0.1, -0.05) is 0 Å². The highest BCUT2D eigenvalue weighted by Gasteiger charge is 2.16. The van der Waals surface area contributed by atoms with E-state index in [-0.39, 0.29) is 5.91 Å². The van der Waals surface area contributed by atoms with Gasteiger partial charge in [0.05, 0.1) is 31.3 Å². The first-order valence-electron chi connectivity index (χ1n) is 7.19. The fourth-order valence-corrected chi connectivity index (χ4v) is 2.19. The zero-order chi connectivity index (χ0) is 15.4. The van der Waals surface area contributed by atoms with Gasteiger partial charge in [-0.3, -0.25) is 9.48 Å². The molecule has 1 aliphatic rings. The van der Waals surface area contributed by atoms with Crippen LogP contribution >= 0.6 is 0 Å². The molecule has 116 valence electrons. The number of ether oxygens (including phenoxy) is 1. The Bertz CT molecular complexity index is 607. The molecule has 3 heterocycles. The molecule has 0 aliphatic carbocycles. The monoisotopic (exact) mass is 302 g/mol.